The Labute approximate surface area is 141 Å². The maximum atomic E-state index is 12.2. The van der Waals surface area contributed by atoms with Crippen molar-refractivity contribution in [2.24, 2.45) is 0 Å². The minimum atomic E-state index is -1.16. The lowest BCUT2D eigenvalue weighted by Crippen LogP contribution is -2.54. The van der Waals surface area contributed by atoms with E-state index in [-0.39, 0.29) is 32.7 Å². The molecule has 0 aliphatic carbocycles. The number of hydrogen-bond acceptors (Lipinski definition) is 5. The molecule has 0 radical (unpaired) electrons. The molecule has 6 nitrogen and oxygen atoms in total. The van der Waals surface area contributed by atoms with E-state index in [4.69, 9.17) is 14.9 Å². The molecule has 0 aliphatic heterocycles. The van der Waals surface area contributed by atoms with Crippen molar-refractivity contribution in [2.45, 2.75) is 70.9 Å². The predicted molar refractivity (Wildman–Crippen MR) is 91.6 cm³/mol. The number of quaternary nitrogens is 1. The van der Waals surface area contributed by atoms with Gasteiger partial charge in [0.05, 0.1) is 19.8 Å². The van der Waals surface area contributed by atoms with Crippen LogP contribution in [-0.4, -0.2) is 65.7 Å². The Morgan fingerprint density at radius 3 is 1.91 bits per heavy atom. The van der Waals surface area contributed by atoms with E-state index >= 15 is 0 Å². The van der Waals surface area contributed by atoms with Gasteiger partial charge in [0, 0.05) is 13.0 Å². The highest BCUT2D eigenvalue weighted by Gasteiger charge is 2.25. The molecule has 140 valence electrons. The summed E-state index contributed by atoms with van der Waals surface area (Å²) in [5.41, 5.74) is 0. The van der Waals surface area contributed by atoms with Crippen LogP contribution < -0.4 is 0 Å². The minimum Gasteiger partial charge on any atom is -0.631 e. The Morgan fingerprint density at radius 1 is 0.870 bits per heavy atom. The van der Waals surface area contributed by atoms with Gasteiger partial charge in [-0.1, -0.05) is 51.9 Å². The topological polar surface area (TPSA) is 93.0 Å². The lowest BCUT2D eigenvalue weighted by Gasteiger charge is -2.45. The Morgan fingerprint density at radius 2 is 1.39 bits per heavy atom. The smallest absolute Gasteiger partial charge is 0.192 e. The van der Waals surface area contributed by atoms with Gasteiger partial charge in [-0.25, -0.2) is 0 Å². The molecular weight excluding hydrogens is 298 g/mol. The van der Waals surface area contributed by atoms with Gasteiger partial charge in [-0.2, -0.15) is 0 Å². The van der Waals surface area contributed by atoms with E-state index in [1.807, 2.05) is 0 Å². The first-order valence-corrected chi connectivity index (χ1v) is 9.16. The van der Waals surface area contributed by atoms with Gasteiger partial charge in [-0.3, -0.25) is 0 Å². The van der Waals surface area contributed by atoms with E-state index in [0.29, 0.717) is 13.2 Å². The lowest BCUT2D eigenvalue weighted by atomic mass is 10.1. The molecule has 0 bridgehead atoms. The Hall–Kier alpha value is -0.240. The molecule has 6 heteroatoms. The molecule has 23 heavy (non-hydrogen) atoms. The van der Waals surface area contributed by atoms with Gasteiger partial charge >= 0.3 is 0 Å². The van der Waals surface area contributed by atoms with Crippen LogP contribution in [0.15, 0.2) is 0 Å². The van der Waals surface area contributed by atoms with E-state index in [0.717, 1.165) is 12.8 Å². The van der Waals surface area contributed by atoms with Gasteiger partial charge in [-0.05, 0) is 6.42 Å². The molecule has 0 aromatic rings. The van der Waals surface area contributed by atoms with Crippen LogP contribution in [0.4, 0.5) is 0 Å². The molecule has 0 spiro atoms. The highest BCUT2D eigenvalue weighted by atomic mass is 16.6. The molecular formula is C17H37NO5. The van der Waals surface area contributed by atoms with E-state index in [9.17, 15) is 10.3 Å². The maximum absolute atomic E-state index is 12.2. The molecule has 0 fully saturated rings. The zero-order chi connectivity index (χ0) is 17.4. The van der Waals surface area contributed by atoms with Crippen molar-refractivity contribution in [1.29, 1.82) is 0 Å². The van der Waals surface area contributed by atoms with Crippen molar-refractivity contribution in [1.82, 2.24) is 0 Å². The van der Waals surface area contributed by atoms with Crippen molar-refractivity contribution in [2.75, 3.05) is 39.5 Å². The van der Waals surface area contributed by atoms with Crippen LogP contribution in [-0.2, 0) is 4.74 Å². The third kappa shape index (κ3) is 11.9. The van der Waals surface area contributed by atoms with Crippen LogP contribution >= 0.6 is 0 Å². The normalized spacial score (nSPS) is 13.4. The number of rotatable bonds is 17. The fraction of sp³-hybridized carbons (Fsp3) is 1.00. The van der Waals surface area contributed by atoms with E-state index < -0.39 is 10.9 Å². The van der Waals surface area contributed by atoms with Gasteiger partial charge < -0.3 is 29.9 Å². The number of hydrogen-bond donors (Lipinski definition) is 3. The summed E-state index contributed by atoms with van der Waals surface area (Å²) < 4.78 is 4.49. The van der Waals surface area contributed by atoms with Gasteiger partial charge in [0.1, 0.15) is 13.1 Å². The fourth-order valence-electron chi connectivity index (χ4n) is 2.61. The molecule has 1 atom stereocenters. The number of nitrogens with zero attached hydrogens (tertiary/aromatic N) is 1. The molecule has 0 amide bonds. The molecule has 0 aliphatic rings. The molecule has 0 saturated heterocycles. The number of unbranched alkanes of at least 4 members (excludes halogenated alkanes) is 7. The monoisotopic (exact) mass is 335 g/mol. The summed E-state index contributed by atoms with van der Waals surface area (Å²) >= 11 is 0. The molecule has 0 heterocycles. The number of ether oxygens (including phenoxy) is 1. The molecule has 0 aromatic carbocycles. The highest BCUT2D eigenvalue weighted by molar-refractivity contribution is 4.51. The van der Waals surface area contributed by atoms with Crippen molar-refractivity contribution < 1.29 is 24.7 Å². The second-order valence-corrected chi connectivity index (χ2v) is 6.20. The first-order valence-electron chi connectivity index (χ1n) is 9.16. The summed E-state index contributed by atoms with van der Waals surface area (Å²) in [5, 5.41) is 40.0. The van der Waals surface area contributed by atoms with Crippen LogP contribution in [0, 0.1) is 5.21 Å². The van der Waals surface area contributed by atoms with Crippen LogP contribution in [0.3, 0.4) is 0 Å². The third-order valence-electron chi connectivity index (χ3n) is 4.16. The van der Waals surface area contributed by atoms with Gasteiger partial charge in [0.25, 0.3) is 0 Å². The zero-order valence-electron chi connectivity index (χ0n) is 14.8. The minimum absolute atomic E-state index is 0.111. The lowest BCUT2D eigenvalue weighted by molar-refractivity contribution is -0.928. The molecule has 1 unspecified atom stereocenters. The van der Waals surface area contributed by atoms with Crippen LogP contribution in [0.5, 0.6) is 0 Å². The largest absolute Gasteiger partial charge is 0.631 e. The summed E-state index contributed by atoms with van der Waals surface area (Å²) in [7, 11) is 0. The average molecular weight is 335 g/mol. The summed E-state index contributed by atoms with van der Waals surface area (Å²) in [5.74, 6) is 0. The zero-order valence-corrected chi connectivity index (χ0v) is 14.8. The van der Waals surface area contributed by atoms with Gasteiger partial charge in [-0.15, -0.1) is 0 Å². The Balaban J connectivity index is 3.55. The second kappa shape index (κ2) is 15.3. The molecule has 0 rings (SSSR count). The summed E-state index contributed by atoms with van der Waals surface area (Å²) in [4.78, 5) is 0. The first kappa shape index (κ1) is 22.8. The van der Waals surface area contributed by atoms with Crippen molar-refractivity contribution in [3.05, 3.63) is 5.21 Å². The summed E-state index contributed by atoms with van der Waals surface area (Å²) in [6, 6.07) is 0. The van der Waals surface area contributed by atoms with Gasteiger partial charge in [0.15, 0.2) is 6.23 Å². The van der Waals surface area contributed by atoms with Crippen molar-refractivity contribution in [3.63, 3.8) is 0 Å². The van der Waals surface area contributed by atoms with Crippen LogP contribution in [0.25, 0.3) is 0 Å². The van der Waals surface area contributed by atoms with E-state index in [1.165, 1.54) is 38.5 Å². The average Bonchev–Trinajstić information content (AvgIpc) is 2.52. The number of aliphatic hydroxyl groups excluding tert-OH is 3. The SMILES string of the molecule is CCCCCCCCCCOCCC(O)[N+]([O-])(CCO)CCO. The number of aliphatic hydroxyl groups is 3. The standard InChI is InChI=1S/C17H37NO5/c1-2-3-4-5-6-7-8-9-15-23-16-10-17(21)18(22,11-13-19)12-14-20/h17,19-21H,2-16H2,1H3. The Bertz CT molecular complexity index is 247. The fourth-order valence-corrected chi connectivity index (χ4v) is 2.61. The maximum Gasteiger partial charge on any atom is 0.192 e. The van der Waals surface area contributed by atoms with Crippen LogP contribution in [0.1, 0.15) is 64.7 Å². The van der Waals surface area contributed by atoms with E-state index in [1.54, 1.807) is 0 Å². The quantitative estimate of drug-likeness (QED) is 0.164. The second-order valence-electron chi connectivity index (χ2n) is 6.20. The highest BCUT2D eigenvalue weighted by Crippen LogP contribution is 2.13. The number of hydroxylamine groups is 3. The van der Waals surface area contributed by atoms with Crippen molar-refractivity contribution in [3.8, 4) is 0 Å². The first-order chi connectivity index (χ1) is 11.1. The molecule has 0 aromatic heterocycles. The predicted octanol–water partition coefficient (Wildman–Crippen LogP) is 2.15. The third-order valence-corrected chi connectivity index (χ3v) is 4.16. The van der Waals surface area contributed by atoms with Crippen molar-refractivity contribution >= 4 is 0 Å². The Kier molecular flexibility index (Phi) is 15.1. The molecule has 3 N–H and O–H groups in total. The van der Waals surface area contributed by atoms with Crippen LogP contribution in [0.2, 0.25) is 0 Å². The summed E-state index contributed by atoms with van der Waals surface area (Å²) in [6.45, 7) is 2.37. The van der Waals surface area contributed by atoms with E-state index in [2.05, 4.69) is 6.92 Å². The summed E-state index contributed by atoms with van der Waals surface area (Å²) in [6.07, 6.45) is 9.02. The van der Waals surface area contributed by atoms with Gasteiger partial charge in [0.2, 0.25) is 0 Å². The molecule has 0 saturated carbocycles.